The Morgan fingerprint density at radius 2 is 1.80 bits per heavy atom. The Bertz CT molecular complexity index is 1140. The van der Waals surface area contributed by atoms with Crippen molar-refractivity contribution in [2.24, 2.45) is 0 Å². The lowest BCUT2D eigenvalue weighted by atomic mass is 10.1. The lowest BCUT2D eigenvalue weighted by molar-refractivity contribution is -0.140. The number of amides is 2. The van der Waals surface area contributed by atoms with Gasteiger partial charge in [-0.05, 0) is 55.2 Å². The number of rotatable bonds is 10. The van der Waals surface area contributed by atoms with Gasteiger partial charge >= 0.3 is 0 Å². The second kappa shape index (κ2) is 11.9. The average Bonchev–Trinajstić information content (AvgIpc) is 3.30. The summed E-state index contributed by atoms with van der Waals surface area (Å²) in [5.74, 6) is -1.24. The van der Waals surface area contributed by atoms with Gasteiger partial charge in [-0.25, -0.2) is 12.8 Å². The number of sulfonamides is 1. The molecule has 1 saturated carbocycles. The van der Waals surface area contributed by atoms with E-state index in [0.717, 1.165) is 36.2 Å². The highest BCUT2D eigenvalue weighted by Crippen LogP contribution is 2.23. The van der Waals surface area contributed by atoms with Crippen molar-refractivity contribution in [3.05, 3.63) is 64.9 Å². The van der Waals surface area contributed by atoms with Crippen LogP contribution in [0.25, 0.3) is 0 Å². The van der Waals surface area contributed by atoms with Crippen LogP contribution in [0.5, 0.6) is 0 Å². The van der Waals surface area contributed by atoms with Gasteiger partial charge < -0.3 is 10.2 Å². The van der Waals surface area contributed by atoms with Crippen molar-refractivity contribution < 1.29 is 22.4 Å². The summed E-state index contributed by atoms with van der Waals surface area (Å²) in [6.07, 6.45) is 5.22. The molecule has 2 aromatic rings. The van der Waals surface area contributed by atoms with Crippen LogP contribution in [0.4, 0.5) is 10.1 Å². The molecule has 1 atom stereocenters. The molecular formula is C25H31ClFN3O4S. The number of hydrogen-bond donors (Lipinski definition) is 1. The minimum atomic E-state index is -3.84. The molecule has 0 saturated heterocycles. The van der Waals surface area contributed by atoms with Gasteiger partial charge in [0.15, 0.2) is 0 Å². The van der Waals surface area contributed by atoms with Crippen molar-refractivity contribution in [1.29, 1.82) is 0 Å². The normalized spacial score (nSPS) is 15.0. The molecule has 0 aromatic heterocycles. The maximum Gasteiger partial charge on any atom is 0.244 e. The van der Waals surface area contributed by atoms with Crippen LogP contribution in [0.15, 0.2) is 48.5 Å². The molecular weight excluding hydrogens is 493 g/mol. The Kier molecular flexibility index (Phi) is 9.13. The van der Waals surface area contributed by atoms with E-state index in [2.05, 4.69) is 5.32 Å². The van der Waals surface area contributed by atoms with E-state index in [1.165, 1.54) is 23.1 Å². The number of anilines is 1. The van der Waals surface area contributed by atoms with Crippen LogP contribution in [0.2, 0.25) is 5.02 Å². The topological polar surface area (TPSA) is 86.8 Å². The highest BCUT2D eigenvalue weighted by atomic mass is 35.5. The van der Waals surface area contributed by atoms with Crippen LogP contribution in [0.1, 0.15) is 44.6 Å². The summed E-state index contributed by atoms with van der Waals surface area (Å²) >= 11 is 6.05. The van der Waals surface area contributed by atoms with Gasteiger partial charge in [-0.2, -0.15) is 0 Å². The molecule has 190 valence electrons. The SMILES string of the molecule is CC[C@H](C(=O)NC1CCCC1)N(Cc1ccc(F)cc1)C(=O)CN(c1cccc(Cl)c1)S(C)(=O)=O. The first kappa shape index (κ1) is 26.9. The standard InChI is InChI=1S/C25H31ClFN3O4S/c1-3-23(25(32)28-21-8-4-5-9-21)29(16-18-11-13-20(27)14-12-18)24(31)17-30(35(2,33)34)22-10-6-7-19(26)15-22/h6-7,10-15,21,23H,3-5,8-9,16-17H2,1-2H3,(H,28,32)/t23-/m1/s1. The van der Waals surface area contributed by atoms with Crippen molar-refractivity contribution in [1.82, 2.24) is 10.2 Å². The zero-order valence-corrected chi connectivity index (χ0v) is 21.5. The Labute approximate surface area is 211 Å². The zero-order chi connectivity index (χ0) is 25.6. The van der Waals surface area contributed by atoms with E-state index in [1.54, 1.807) is 37.3 Å². The molecule has 1 aliphatic rings. The van der Waals surface area contributed by atoms with Gasteiger partial charge in [-0.1, -0.05) is 49.6 Å². The number of benzene rings is 2. The summed E-state index contributed by atoms with van der Waals surface area (Å²) in [5.41, 5.74) is 0.874. The fourth-order valence-electron chi connectivity index (χ4n) is 4.32. The molecule has 0 bridgehead atoms. The number of carbonyl (C=O) groups is 2. The largest absolute Gasteiger partial charge is 0.352 e. The number of hydrogen-bond acceptors (Lipinski definition) is 4. The molecule has 3 rings (SSSR count). The van der Waals surface area contributed by atoms with Crippen LogP contribution < -0.4 is 9.62 Å². The van der Waals surface area contributed by atoms with Crippen molar-refractivity contribution in [2.75, 3.05) is 17.1 Å². The number of halogens is 2. The maximum atomic E-state index is 13.6. The molecule has 0 spiro atoms. The molecule has 2 amide bonds. The van der Waals surface area contributed by atoms with Crippen LogP contribution >= 0.6 is 11.6 Å². The average molecular weight is 524 g/mol. The predicted molar refractivity (Wildman–Crippen MR) is 135 cm³/mol. The number of carbonyl (C=O) groups excluding carboxylic acids is 2. The lowest BCUT2D eigenvalue weighted by Crippen LogP contribution is -2.53. The van der Waals surface area contributed by atoms with E-state index < -0.39 is 34.3 Å². The van der Waals surface area contributed by atoms with Gasteiger partial charge in [0.25, 0.3) is 0 Å². The van der Waals surface area contributed by atoms with E-state index in [9.17, 15) is 22.4 Å². The summed E-state index contributed by atoms with van der Waals surface area (Å²) in [5, 5.41) is 3.37. The molecule has 0 radical (unpaired) electrons. The number of nitrogens with one attached hydrogen (secondary N) is 1. The van der Waals surface area contributed by atoms with Gasteiger partial charge in [0.2, 0.25) is 21.8 Å². The minimum Gasteiger partial charge on any atom is -0.352 e. The second-order valence-electron chi connectivity index (χ2n) is 8.81. The van der Waals surface area contributed by atoms with Crippen molar-refractivity contribution >= 4 is 39.1 Å². The van der Waals surface area contributed by atoms with E-state index in [-0.39, 0.29) is 24.2 Å². The van der Waals surface area contributed by atoms with Crippen LogP contribution in [-0.4, -0.2) is 50.0 Å². The molecule has 7 nitrogen and oxygen atoms in total. The molecule has 0 aliphatic heterocycles. The molecule has 0 unspecified atom stereocenters. The predicted octanol–water partition coefficient (Wildman–Crippen LogP) is 4.11. The van der Waals surface area contributed by atoms with Gasteiger partial charge in [-0.3, -0.25) is 13.9 Å². The van der Waals surface area contributed by atoms with Gasteiger partial charge in [0, 0.05) is 17.6 Å². The molecule has 1 aliphatic carbocycles. The van der Waals surface area contributed by atoms with Crippen molar-refractivity contribution in [3.63, 3.8) is 0 Å². The first-order valence-electron chi connectivity index (χ1n) is 11.7. The molecule has 1 N–H and O–H groups in total. The van der Waals surface area contributed by atoms with Crippen molar-refractivity contribution in [3.8, 4) is 0 Å². The summed E-state index contributed by atoms with van der Waals surface area (Å²) in [6.45, 7) is 1.32. The van der Waals surface area contributed by atoms with E-state index >= 15 is 0 Å². The Hall–Kier alpha value is -2.65. The van der Waals surface area contributed by atoms with Crippen molar-refractivity contribution in [2.45, 2.75) is 57.7 Å². The molecule has 1 fully saturated rings. The summed E-state index contributed by atoms with van der Waals surface area (Å²) in [6, 6.07) is 11.1. The third-order valence-corrected chi connectivity index (χ3v) is 7.50. The highest BCUT2D eigenvalue weighted by Gasteiger charge is 2.33. The molecule has 2 aromatic carbocycles. The Morgan fingerprint density at radius 3 is 2.37 bits per heavy atom. The first-order valence-corrected chi connectivity index (χ1v) is 13.9. The van der Waals surface area contributed by atoms with Gasteiger partial charge in [0.05, 0.1) is 11.9 Å². The third-order valence-electron chi connectivity index (χ3n) is 6.13. The van der Waals surface area contributed by atoms with Crippen LogP contribution in [0.3, 0.4) is 0 Å². The van der Waals surface area contributed by atoms with E-state index in [4.69, 9.17) is 11.6 Å². The third kappa shape index (κ3) is 7.41. The minimum absolute atomic E-state index is 0.0306. The quantitative estimate of drug-likeness (QED) is 0.507. The Balaban J connectivity index is 1.91. The lowest BCUT2D eigenvalue weighted by Gasteiger charge is -2.33. The van der Waals surface area contributed by atoms with E-state index in [0.29, 0.717) is 17.0 Å². The van der Waals surface area contributed by atoms with Crippen LogP contribution in [-0.2, 0) is 26.2 Å². The van der Waals surface area contributed by atoms with Gasteiger partial charge in [0.1, 0.15) is 18.4 Å². The summed E-state index contributed by atoms with van der Waals surface area (Å²) in [4.78, 5) is 28.2. The fraction of sp³-hybridized carbons (Fsp3) is 0.440. The monoisotopic (exact) mass is 523 g/mol. The number of nitrogens with zero attached hydrogens (tertiary/aromatic N) is 2. The molecule has 10 heteroatoms. The second-order valence-corrected chi connectivity index (χ2v) is 11.2. The fourth-order valence-corrected chi connectivity index (χ4v) is 5.34. The maximum absolute atomic E-state index is 13.6. The summed E-state index contributed by atoms with van der Waals surface area (Å²) in [7, 11) is -3.84. The molecule has 0 heterocycles. The molecule has 35 heavy (non-hydrogen) atoms. The van der Waals surface area contributed by atoms with Crippen LogP contribution in [0, 0.1) is 5.82 Å². The van der Waals surface area contributed by atoms with Gasteiger partial charge in [-0.15, -0.1) is 0 Å². The van der Waals surface area contributed by atoms with E-state index in [1.807, 2.05) is 0 Å². The first-order chi connectivity index (χ1) is 16.6. The Morgan fingerprint density at radius 1 is 1.14 bits per heavy atom. The highest BCUT2D eigenvalue weighted by molar-refractivity contribution is 7.92. The smallest absolute Gasteiger partial charge is 0.244 e. The summed E-state index contributed by atoms with van der Waals surface area (Å²) < 4.78 is 39.6. The zero-order valence-electron chi connectivity index (χ0n) is 19.9.